The fraction of sp³-hybridized carbons (Fsp3) is 0.333. The van der Waals surface area contributed by atoms with E-state index in [4.69, 9.17) is 4.74 Å². The average Bonchev–Trinajstić information content (AvgIpc) is 2.29. The van der Waals surface area contributed by atoms with Gasteiger partial charge in [0.15, 0.2) is 5.44 Å². The third kappa shape index (κ3) is 2.81. The second-order valence-corrected chi connectivity index (χ2v) is 4.49. The van der Waals surface area contributed by atoms with E-state index >= 15 is 0 Å². The van der Waals surface area contributed by atoms with E-state index in [0.29, 0.717) is 5.92 Å². The summed E-state index contributed by atoms with van der Waals surface area (Å²) < 4.78 is 5.42. The van der Waals surface area contributed by atoms with Gasteiger partial charge in [0.1, 0.15) is 0 Å². The lowest BCUT2D eigenvalue weighted by Gasteiger charge is -2.17. The highest BCUT2D eigenvalue weighted by Crippen LogP contribution is 2.23. The van der Waals surface area contributed by atoms with Crippen molar-refractivity contribution in [2.75, 3.05) is 5.75 Å². The van der Waals surface area contributed by atoms with Crippen LogP contribution in [-0.2, 0) is 4.74 Å². The Bertz CT molecular complexity index is 259. The zero-order valence-electron chi connectivity index (χ0n) is 8.00. The predicted octanol–water partition coefficient (Wildman–Crippen LogP) is 3.28. The van der Waals surface area contributed by atoms with E-state index in [9.17, 15) is 0 Å². The van der Waals surface area contributed by atoms with Crippen LogP contribution in [0, 0.1) is 5.92 Å². The van der Waals surface area contributed by atoms with Crippen molar-refractivity contribution in [2.24, 2.45) is 5.92 Å². The first kappa shape index (κ1) is 9.66. The van der Waals surface area contributed by atoms with Crippen LogP contribution in [0.1, 0.15) is 6.42 Å². The molecular weight excluding hydrogens is 192 g/mol. The van der Waals surface area contributed by atoms with Crippen molar-refractivity contribution in [3.63, 3.8) is 0 Å². The van der Waals surface area contributed by atoms with Gasteiger partial charge in [-0.25, -0.2) is 0 Å². The van der Waals surface area contributed by atoms with Gasteiger partial charge in [-0.05, 0) is 24.5 Å². The maximum Gasteiger partial charge on any atom is 0.162 e. The molecular formula is C12H14OS. The van der Waals surface area contributed by atoms with Crippen LogP contribution in [0.15, 0.2) is 48.8 Å². The van der Waals surface area contributed by atoms with Crippen LogP contribution in [0.5, 0.6) is 0 Å². The lowest BCUT2D eigenvalue weighted by Crippen LogP contribution is -2.08. The highest BCUT2D eigenvalue weighted by atomic mass is 32.2. The number of thioether (sulfide) groups is 1. The van der Waals surface area contributed by atoms with Crippen LogP contribution in [0.2, 0.25) is 0 Å². The Hall–Kier alpha value is -0.890. The van der Waals surface area contributed by atoms with Crippen LogP contribution in [0.4, 0.5) is 0 Å². The van der Waals surface area contributed by atoms with E-state index in [-0.39, 0.29) is 5.44 Å². The average molecular weight is 206 g/mol. The number of rotatable bonds is 3. The SMILES string of the molecule is C1=CCC(CSC2C=CC=CO2)C=C1. The van der Waals surface area contributed by atoms with Crippen molar-refractivity contribution >= 4 is 11.8 Å². The maximum absolute atomic E-state index is 5.42. The highest BCUT2D eigenvalue weighted by Gasteiger charge is 2.11. The molecule has 1 aliphatic heterocycles. The van der Waals surface area contributed by atoms with Crippen LogP contribution in [-0.4, -0.2) is 11.2 Å². The van der Waals surface area contributed by atoms with E-state index in [1.54, 1.807) is 6.26 Å². The molecule has 0 N–H and O–H groups in total. The third-order valence-corrected chi connectivity index (χ3v) is 3.43. The summed E-state index contributed by atoms with van der Waals surface area (Å²) in [5.41, 5.74) is 0.208. The van der Waals surface area contributed by atoms with Crippen molar-refractivity contribution in [1.82, 2.24) is 0 Å². The molecule has 0 saturated heterocycles. The normalized spacial score (nSPS) is 29.1. The minimum absolute atomic E-state index is 0.208. The lowest BCUT2D eigenvalue weighted by molar-refractivity contribution is 0.257. The molecule has 0 aromatic carbocycles. The summed E-state index contributed by atoms with van der Waals surface area (Å²) in [5.74, 6) is 1.80. The molecule has 1 aliphatic carbocycles. The summed E-state index contributed by atoms with van der Waals surface area (Å²) in [5, 5.41) is 0. The van der Waals surface area contributed by atoms with E-state index in [0.717, 1.165) is 12.2 Å². The predicted molar refractivity (Wildman–Crippen MR) is 62.0 cm³/mol. The zero-order valence-corrected chi connectivity index (χ0v) is 8.82. The molecule has 2 unspecified atom stereocenters. The standard InChI is InChI=1S/C12H14OS/c1-2-6-11(7-3-1)10-14-12-8-4-5-9-13-12/h1-6,8-9,11-12H,7,10H2. The topological polar surface area (TPSA) is 9.23 Å². The Labute approximate surface area is 89.2 Å². The van der Waals surface area contributed by atoms with E-state index < -0.39 is 0 Å². The second kappa shape index (κ2) is 5.11. The summed E-state index contributed by atoms with van der Waals surface area (Å²) in [7, 11) is 0. The molecule has 1 heterocycles. The monoisotopic (exact) mass is 206 g/mol. The van der Waals surface area contributed by atoms with E-state index in [1.165, 1.54) is 0 Å². The van der Waals surface area contributed by atoms with Gasteiger partial charge in [-0.15, -0.1) is 11.8 Å². The number of ether oxygens (including phenoxy) is 1. The Balaban J connectivity index is 1.72. The van der Waals surface area contributed by atoms with Crippen molar-refractivity contribution < 1.29 is 4.74 Å². The van der Waals surface area contributed by atoms with Crippen molar-refractivity contribution in [3.05, 3.63) is 48.8 Å². The first-order chi connectivity index (χ1) is 6.95. The van der Waals surface area contributed by atoms with Gasteiger partial charge in [0.05, 0.1) is 6.26 Å². The molecule has 0 fully saturated rings. The molecule has 2 aliphatic rings. The van der Waals surface area contributed by atoms with Crippen molar-refractivity contribution in [2.45, 2.75) is 11.9 Å². The summed E-state index contributed by atoms with van der Waals surface area (Å²) in [6.07, 6.45) is 17.7. The fourth-order valence-corrected chi connectivity index (χ4v) is 2.47. The van der Waals surface area contributed by atoms with Crippen LogP contribution in [0.25, 0.3) is 0 Å². The molecule has 14 heavy (non-hydrogen) atoms. The molecule has 0 aromatic rings. The second-order valence-electron chi connectivity index (χ2n) is 3.36. The third-order valence-electron chi connectivity index (χ3n) is 2.21. The van der Waals surface area contributed by atoms with Gasteiger partial charge in [-0.1, -0.05) is 30.4 Å². The minimum atomic E-state index is 0.208. The summed E-state index contributed by atoms with van der Waals surface area (Å²) in [4.78, 5) is 0. The molecule has 0 aromatic heterocycles. The molecule has 0 spiro atoms. The van der Waals surface area contributed by atoms with Gasteiger partial charge >= 0.3 is 0 Å². The molecule has 0 saturated carbocycles. The molecule has 74 valence electrons. The molecule has 0 bridgehead atoms. The van der Waals surface area contributed by atoms with Gasteiger partial charge < -0.3 is 4.74 Å². The van der Waals surface area contributed by atoms with Gasteiger partial charge in [0.25, 0.3) is 0 Å². The molecule has 2 rings (SSSR count). The molecule has 2 heteroatoms. The molecule has 0 amide bonds. The molecule has 0 radical (unpaired) electrons. The zero-order chi connectivity index (χ0) is 9.64. The van der Waals surface area contributed by atoms with Crippen LogP contribution in [0.3, 0.4) is 0 Å². The van der Waals surface area contributed by atoms with Gasteiger partial charge in [-0.3, -0.25) is 0 Å². The van der Waals surface area contributed by atoms with Crippen molar-refractivity contribution in [3.8, 4) is 0 Å². The maximum atomic E-state index is 5.42. The lowest BCUT2D eigenvalue weighted by atomic mass is 10.0. The van der Waals surface area contributed by atoms with E-state index in [2.05, 4.69) is 30.4 Å². The van der Waals surface area contributed by atoms with Gasteiger partial charge in [-0.2, -0.15) is 0 Å². The minimum Gasteiger partial charge on any atom is -0.483 e. The largest absolute Gasteiger partial charge is 0.483 e. The quantitative estimate of drug-likeness (QED) is 0.701. The summed E-state index contributed by atoms with van der Waals surface area (Å²) in [6.45, 7) is 0. The highest BCUT2D eigenvalue weighted by molar-refractivity contribution is 7.99. The summed E-state index contributed by atoms with van der Waals surface area (Å²) >= 11 is 1.86. The van der Waals surface area contributed by atoms with Gasteiger partial charge in [0.2, 0.25) is 0 Å². The number of hydrogen-bond acceptors (Lipinski definition) is 2. The van der Waals surface area contributed by atoms with Crippen LogP contribution < -0.4 is 0 Å². The Kier molecular flexibility index (Phi) is 3.52. The number of allylic oxidation sites excluding steroid dienone is 6. The smallest absolute Gasteiger partial charge is 0.162 e. The van der Waals surface area contributed by atoms with E-state index in [1.807, 2.05) is 23.9 Å². The summed E-state index contributed by atoms with van der Waals surface area (Å²) in [6, 6.07) is 0. The first-order valence-electron chi connectivity index (χ1n) is 4.89. The number of hydrogen-bond donors (Lipinski definition) is 0. The molecule has 1 nitrogen and oxygen atoms in total. The Morgan fingerprint density at radius 2 is 2.07 bits per heavy atom. The Morgan fingerprint density at radius 3 is 2.79 bits per heavy atom. The Morgan fingerprint density at radius 1 is 1.14 bits per heavy atom. The van der Waals surface area contributed by atoms with Crippen LogP contribution >= 0.6 is 11.8 Å². The molecule has 2 atom stereocenters. The fourth-order valence-electron chi connectivity index (χ4n) is 1.44. The first-order valence-corrected chi connectivity index (χ1v) is 5.94. The van der Waals surface area contributed by atoms with Crippen molar-refractivity contribution in [1.29, 1.82) is 0 Å². The van der Waals surface area contributed by atoms with Gasteiger partial charge in [0, 0.05) is 5.75 Å².